The Labute approximate surface area is 155 Å². The van der Waals surface area contributed by atoms with E-state index < -0.39 is 4.92 Å². The van der Waals surface area contributed by atoms with E-state index in [4.69, 9.17) is 0 Å². The smallest absolute Gasteiger partial charge is 0.312 e. The molecule has 0 aliphatic heterocycles. The van der Waals surface area contributed by atoms with Gasteiger partial charge in [0.2, 0.25) is 5.91 Å². The molecule has 0 atom stereocenters. The van der Waals surface area contributed by atoms with Gasteiger partial charge in [0.05, 0.1) is 11.5 Å². The molecule has 0 spiro atoms. The summed E-state index contributed by atoms with van der Waals surface area (Å²) in [6, 6.07) is 9.66. The van der Waals surface area contributed by atoms with Crippen LogP contribution in [0.15, 0.2) is 42.7 Å². The maximum atomic E-state index is 12.3. The Bertz CT molecular complexity index is 962. The molecule has 0 fully saturated rings. The third-order valence-corrected chi connectivity index (χ3v) is 4.31. The van der Waals surface area contributed by atoms with Crippen LogP contribution in [-0.2, 0) is 24.4 Å². The van der Waals surface area contributed by atoms with Crippen molar-refractivity contribution in [3.63, 3.8) is 0 Å². The Morgan fingerprint density at radius 2 is 1.96 bits per heavy atom. The number of aryl methyl sites for hydroxylation is 1. The van der Waals surface area contributed by atoms with E-state index >= 15 is 0 Å². The number of rotatable bonds is 7. The molecular formula is C18H20N6O3. The van der Waals surface area contributed by atoms with E-state index in [0.717, 1.165) is 11.1 Å². The minimum absolute atomic E-state index is 0.0487. The third kappa shape index (κ3) is 4.20. The van der Waals surface area contributed by atoms with Crippen molar-refractivity contribution in [1.82, 2.24) is 24.9 Å². The second-order valence-corrected chi connectivity index (χ2v) is 6.18. The summed E-state index contributed by atoms with van der Waals surface area (Å²) in [5.41, 5.74) is 2.66. The van der Waals surface area contributed by atoms with E-state index in [1.54, 1.807) is 20.0 Å². The second kappa shape index (κ2) is 7.81. The van der Waals surface area contributed by atoms with E-state index in [1.807, 2.05) is 41.2 Å². The molecule has 0 radical (unpaired) electrons. The van der Waals surface area contributed by atoms with Crippen molar-refractivity contribution in [2.45, 2.75) is 33.5 Å². The molecule has 3 aromatic rings. The van der Waals surface area contributed by atoms with Crippen molar-refractivity contribution in [2.24, 2.45) is 0 Å². The summed E-state index contributed by atoms with van der Waals surface area (Å²) in [6.07, 6.45) is 3.60. The molecule has 9 nitrogen and oxygen atoms in total. The number of nitrogens with zero attached hydrogens (tertiary/aromatic N) is 5. The summed E-state index contributed by atoms with van der Waals surface area (Å²) in [4.78, 5) is 22.9. The Morgan fingerprint density at radius 1 is 1.22 bits per heavy atom. The lowest BCUT2D eigenvalue weighted by molar-refractivity contribution is -0.386. The number of carbonyl (C=O) groups is 1. The summed E-state index contributed by atoms with van der Waals surface area (Å²) in [5, 5.41) is 22.2. The van der Waals surface area contributed by atoms with Gasteiger partial charge in [0.1, 0.15) is 17.9 Å². The number of aromatic nitrogens is 4. The zero-order valence-corrected chi connectivity index (χ0v) is 15.1. The number of hydrogen-bond acceptors (Lipinski definition) is 5. The van der Waals surface area contributed by atoms with Crippen LogP contribution in [0.2, 0.25) is 0 Å². The standard InChI is InChI=1S/C18H20N6O3/c1-13-18(24(26)27)14(2)23(21-13)12-17(25)19-10-15-6-3-4-7-16(15)11-22-9-5-8-20-22/h3-9H,10-12H2,1-2H3,(H,19,25). The first kappa shape index (κ1) is 18.3. The van der Waals surface area contributed by atoms with E-state index in [1.165, 1.54) is 4.68 Å². The molecule has 0 unspecified atom stereocenters. The van der Waals surface area contributed by atoms with Gasteiger partial charge in [-0.05, 0) is 31.0 Å². The van der Waals surface area contributed by atoms with E-state index in [2.05, 4.69) is 15.5 Å². The minimum atomic E-state index is -0.475. The summed E-state index contributed by atoms with van der Waals surface area (Å²) < 4.78 is 3.17. The lowest BCUT2D eigenvalue weighted by Gasteiger charge is -2.11. The van der Waals surface area contributed by atoms with Crippen LogP contribution in [0.3, 0.4) is 0 Å². The van der Waals surface area contributed by atoms with Crippen LogP contribution in [0.4, 0.5) is 5.69 Å². The molecule has 0 bridgehead atoms. The first-order valence-corrected chi connectivity index (χ1v) is 8.45. The molecule has 0 aliphatic carbocycles. The van der Waals surface area contributed by atoms with Gasteiger partial charge in [-0.2, -0.15) is 10.2 Å². The highest BCUT2D eigenvalue weighted by atomic mass is 16.6. The van der Waals surface area contributed by atoms with Crippen LogP contribution < -0.4 is 5.32 Å². The number of nitrogens with one attached hydrogen (secondary N) is 1. The van der Waals surface area contributed by atoms with Crippen LogP contribution >= 0.6 is 0 Å². The van der Waals surface area contributed by atoms with Gasteiger partial charge in [0.25, 0.3) is 0 Å². The highest BCUT2D eigenvalue weighted by molar-refractivity contribution is 5.75. The molecule has 1 amide bonds. The predicted molar refractivity (Wildman–Crippen MR) is 98.0 cm³/mol. The van der Waals surface area contributed by atoms with Gasteiger partial charge < -0.3 is 5.32 Å². The third-order valence-electron chi connectivity index (χ3n) is 4.31. The van der Waals surface area contributed by atoms with Gasteiger partial charge in [-0.3, -0.25) is 24.3 Å². The summed E-state index contributed by atoms with van der Waals surface area (Å²) in [6.45, 7) is 4.05. The average molecular weight is 368 g/mol. The topological polar surface area (TPSA) is 108 Å². The van der Waals surface area contributed by atoms with Crippen LogP contribution in [0.1, 0.15) is 22.5 Å². The highest BCUT2D eigenvalue weighted by Crippen LogP contribution is 2.21. The SMILES string of the molecule is Cc1nn(CC(=O)NCc2ccccc2Cn2cccn2)c(C)c1[N+](=O)[O-]. The molecule has 0 saturated heterocycles. The molecule has 0 saturated carbocycles. The molecule has 2 aromatic heterocycles. The quantitative estimate of drug-likeness (QED) is 0.507. The lowest BCUT2D eigenvalue weighted by Crippen LogP contribution is -2.28. The number of benzene rings is 1. The van der Waals surface area contributed by atoms with Gasteiger partial charge in [-0.15, -0.1) is 0 Å². The van der Waals surface area contributed by atoms with Gasteiger partial charge in [-0.1, -0.05) is 24.3 Å². The second-order valence-electron chi connectivity index (χ2n) is 6.18. The number of hydrogen-bond donors (Lipinski definition) is 1. The minimum Gasteiger partial charge on any atom is -0.350 e. The fourth-order valence-electron chi connectivity index (χ4n) is 2.94. The Morgan fingerprint density at radius 3 is 2.59 bits per heavy atom. The Balaban J connectivity index is 1.65. The maximum absolute atomic E-state index is 12.3. The molecule has 140 valence electrons. The van der Waals surface area contributed by atoms with Crippen LogP contribution in [-0.4, -0.2) is 30.4 Å². The molecule has 0 aliphatic rings. The molecule has 1 N–H and O–H groups in total. The Kier molecular flexibility index (Phi) is 5.30. The number of amides is 1. The van der Waals surface area contributed by atoms with Gasteiger partial charge >= 0.3 is 5.69 Å². The maximum Gasteiger partial charge on any atom is 0.312 e. The number of nitro groups is 1. The molecule has 9 heteroatoms. The van der Waals surface area contributed by atoms with Crippen molar-refractivity contribution in [3.05, 3.63) is 75.4 Å². The zero-order valence-electron chi connectivity index (χ0n) is 15.1. The normalized spacial score (nSPS) is 10.7. The monoisotopic (exact) mass is 368 g/mol. The molecule has 27 heavy (non-hydrogen) atoms. The average Bonchev–Trinajstić information content (AvgIpc) is 3.22. The molecular weight excluding hydrogens is 348 g/mol. The fraction of sp³-hybridized carbons (Fsp3) is 0.278. The van der Waals surface area contributed by atoms with Crippen molar-refractivity contribution in [1.29, 1.82) is 0 Å². The lowest BCUT2D eigenvalue weighted by atomic mass is 10.1. The van der Waals surface area contributed by atoms with Gasteiger partial charge in [-0.25, -0.2) is 0 Å². The summed E-state index contributed by atoms with van der Waals surface area (Å²) >= 11 is 0. The van der Waals surface area contributed by atoms with E-state index in [-0.39, 0.29) is 18.1 Å². The van der Waals surface area contributed by atoms with Crippen LogP contribution in [0, 0.1) is 24.0 Å². The van der Waals surface area contributed by atoms with E-state index in [9.17, 15) is 14.9 Å². The number of carbonyl (C=O) groups excluding carboxylic acids is 1. The van der Waals surface area contributed by atoms with Crippen molar-refractivity contribution in [3.8, 4) is 0 Å². The predicted octanol–water partition coefficient (Wildman–Crippen LogP) is 1.97. The van der Waals surface area contributed by atoms with Crippen molar-refractivity contribution >= 4 is 11.6 Å². The molecule has 2 heterocycles. The molecule has 1 aromatic carbocycles. The van der Waals surface area contributed by atoms with Crippen molar-refractivity contribution in [2.75, 3.05) is 0 Å². The summed E-state index contributed by atoms with van der Waals surface area (Å²) in [7, 11) is 0. The van der Waals surface area contributed by atoms with Gasteiger partial charge in [0.15, 0.2) is 0 Å². The highest BCUT2D eigenvalue weighted by Gasteiger charge is 2.22. The van der Waals surface area contributed by atoms with Crippen LogP contribution in [0.25, 0.3) is 0 Å². The van der Waals surface area contributed by atoms with Gasteiger partial charge in [0, 0.05) is 18.9 Å². The largest absolute Gasteiger partial charge is 0.350 e. The Hall–Kier alpha value is -3.49. The first-order valence-electron chi connectivity index (χ1n) is 8.45. The first-order chi connectivity index (χ1) is 13.0. The van der Waals surface area contributed by atoms with Crippen molar-refractivity contribution < 1.29 is 9.72 Å². The van der Waals surface area contributed by atoms with Crippen LogP contribution in [0.5, 0.6) is 0 Å². The fourth-order valence-corrected chi connectivity index (χ4v) is 2.94. The van der Waals surface area contributed by atoms with E-state index in [0.29, 0.717) is 24.5 Å². The zero-order chi connectivity index (χ0) is 19.4. The molecule has 3 rings (SSSR count). The summed E-state index contributed by atoms with van der Waals surface area (Å²) in [5.74, 6) is -0.260.